The van der Waals surface area contributed by atoms with Gasteiger partial charge in [0, 0.05) is 38.4 Å². The Morgan fingerprint density at radius 3 is 2.64 bits per heavy atom. The number of anilines is 2. The Kier molecular flexibility index (Phi) is 5.09. The van der Waals surface area contributed by atoms with Crippen LogP contribution in [0.3, 0.4) is 0 Å². The van der Waals surface area contributed by atoms with Gasteiger partial charge >= 0.3 is 6.03 Å². The number of nitrogens with one attached hydrogen (secondary N) is 1. The highest BCUT2D eigenvalue weighted by atomic mass is 35.5. The van der Waals surface area contributed by atoms with E-state index in [0.29, 0.717) is 31.9 Å². The zero-order valence-corrected chi connectivity index (χ0v) is 16.3. The van der Waals surface area contributed by atoms with Crippen molar-refractivity contribution in [3.05, 3.63) is 53.3 Å². The molecule has 2 heterocycles. The van der Waals surface area contributed by atoms with Crippen LogP contribution >= 0.6 is 11.6 Å². The Labute approximate surface area is 167 Å². The Balaban J connectivity index is 1.43. The summed E-state index contributed by atoms with van der Waals surface area (Å²) in [6.45, 7) is 5.49. The van der Waals surface area contributed by atoms with Crippen molar-refractivity contribution in [3.63, 3.8) is 0 Å². The Hall–Kier alpha value is -2.80. The van der Waals surface area contributed by atoms with Gasteiger partial charge < -0.3 is 19.7 Å². The molecule has 0 radical (unpaired) electrons. The molecule has 0 atom stereocenters. The number of halogens is 2. The van der Waals surface area contributed by atoms with Crippen molar-refractivity contribution >= 4 is 40.3 Å². The van der Waals surface area contributed by atoms with Crippen molar-refractivity contribution < 1.29 is 9.18 Å². The minimum Gasteiger partial charge on any atom is -0.339 e. The summed E-state index contributed by atoms with van der Waals surface area (Å²) in [5, 5.41) is 2.76. The van der Waals surface area contributed by atoms with E-state index in [4.69, 9.17) is 16.6 Å². The zero-order valence-electron chi connectivity index (χ0n) is 15.5. The molecule has 28 heavy (non-hydrogen) atoms. The fourth-order valence-corrected chi connectivity index (χ4v) is 3.68. The third-order valence-electron chi connectivity index (χ3n) is 4.97. The molecule has 1 aliphatic rings. The lowest BCUT2D eigenvalue weighted by Crippen LogP contribution is -2.50. The molecule has 6 nitrogen and oxygen atoms in total. The molecule has 0 unspecified atom stereocenters. The van der Waals surface area contributed by atoms with Gasteiger partial charge in [-0.25, -0.2) is 14.2 Å². The molecule has 146 valence electrons. The maximum absolute atomic E-state index is 13.3. The lowest BCUT2D eigenvalue weighted by atomic mass is 10.3. The lowest BCUT2D eigenvalue weighted by Gasteiger charge is -2.35. The van der Waals surface area contributed by atoms with Gasteiger partial charge in [0.05, 0.1) is 16.1 Å². The summed E-state index contributed by atoms with van der Waals surface area (Å²) in [6, 6.07) is 12.0. The quantitative estimate of drug-likeness (QED) is 0.715. The SMILES string of the molecule is CCn1c(N2CCN(C(=O)Nc3ccc(F)c(Cl)c3)CC2)nc2ccccc21. The number of hydrogen-bond donors (Lipinski definition) is 1. The molecule has 8 heteroatoms. The van der Waals surface area contributed by atoms with Crippen molar-refractivity contribution in [1.82, 2.24) is 14.5 Å². The monoisotopic (exact) mass is 401 g/mol. The molecule has 2 aromatic carbocycles. The third kappa shape index (κ3) is 3.49. The number of urea groups is 1. The summed E-state index contributed by atoms with van der Waals surface area (Å²) in [5.41, 5.74) is 2.58. The number of rotatable bonds is 3. The van der Waals surface area contributed by atoms with Gasteiger partial charge in [-0.05, 0) is 37.3 Å². The van der Waals surface area contributed by atoms with Gasteiger partial charge in [-0.2, -0.15) is 0 Å². The third-order valence-corrected chi connectivity index (χ3v) is 5.26. The minimum atomic E-state index is -0.507. The highest BCUT2D eigenvalue weighted by Gasteiger charge is 2.24. The van der Waals surface area contributed by atoms with Crippen LogP contribution in [0.15, 0.2) is 42.5 Å². The van der Waals surface area contributed by atoms with E-state index in [0.717, 1.165) is 23.5 Å². The largest absolute Gasteiger partial charge is 0.339 e. The topological polar surface area (TPSA) is 53.4 Å². The van der Waals surface area contributed by atoms with E-state index in [1.165, 1.54) is 18.2 Å². The number of nitrogens with zero attached hydrogens (tertiary/aromatic N) is 4. The summed E-state index contributed by atoms with van der Waals surface area (Å²) in [7, 11) is 0. The van der Waals surface area contributed by atoms with Crippen LogP contribution in [0.4, 0.5) is 20.8 Å². The second-order valence-electron chi connectivity index (χ2n) is 6.68. The van der Waals surface area contributed by atoms with Crippen LogP contribution in [0.25, 0.3) is 11.0 Å². The molecule has 1 aromatic heterocycles. The number of benzene rings is 2. The zero-order chi connectivity index (χ0) is 19.7. The molecule has 2 amide bonds. The first-order chi connectivity index (χ1) is 13.6. The van der Waals surface area contributed by atoms with E-state index in [1.54, 1.807) is 4.90 Å². The highest BCUT2D eigenvalue weighted by Crippen LogP contribution is 2.24. The highest BCUT2D eigenvalue weighted by molar-refractivity contribution is 6.31. The number of hydrogen-bond acceptors (Lipinski definition) is 3. The summed E-state index contributed by atoms with van der Waals surface area (Å²) in [4.78, 5) is 21.2. The Morgan fingerprint density at radius 1 is 1.18 bits per heavy atom. The average molecular weight is 402 g/mol. The summed E-state index contributed by atoms with van der Waals surface area (Å²) in [5.74, 6) is 0.432. The molecule has 1 saturated heterocycles. The standard InChI is InChI=1S/C20H21ClFN5O/c1-2-27-18-6-4-3-5-17(18)24-19(27)25-9-11-26(12-10-25)20(28)23-14-7-8-16(22)15(21)13-14/h3-8,13H,2,9-12H2,1H3,(H,23,28). The van der Waals surface area contributed by atoms with Crippen LogP contribution in [0.5, 0.6) is 0 Å². The van der Waals surface area contributed by atoms with Gasteiger partial charge in [-0.3, -0.25) is 0 Å². The minimum absolute atomic E-state index is 0.0129. The molecular formula is C20H21ClFN5O. The molecule has 0 saturated carbocycles. The van der Waals surface area contributed by atoms with Crippen LogP contribution in [0, 0.1) is 5.82 Å². The number of para-hydroxylation sites is 2. The fraction of sp³-hybridized carbons (Fsp3) is 0.300. The maximum Gasteiger partial charge on any atom is 0.321 e. The summed E-state index contributed by atoms with van der Waals surface area (Å²) >= 11 is 5.78. The molecular weight excluding hydrogens is 381 g/mol. The number of carbonyl (C=O) groups excluding carboxylic acids is 1. The summed E-state index contributed by atoms with van der Waals surface area (Å²) < 4.78 is 15.5. The van der Waals surface area contributed by atoms with E-state index in [1.807, 2.05) is 18.2 Å². The molecule has 0 bridgehead atoms. The van der Waals surface area contributed by atoms with Crippen molar-refractivity contribution in [2.45, 2.75) is 13.5 Å². The van der Waals surface area contributed by atoms with Gasteiger partial charge in [-0.1, -0.05) is 23.7 Å². The van der Waals surface area contributed by atoms with Crippen LogP contribution in [0.2, 0.25) is 5.02 Å². The van der Waals surface area contributed by atoms with E-state index in [2.05, 4.69) is 27.8 Å². The van der Waals surface area contributed by atoms with Crippen molar-refractivity contribution in [1.29, 1.82) is 0 Å². The first-order valence-corrected chi connectivity index (χ1v) is 9.66. The molecule has 1 fully saturated rings. The lowest BCUT2D eigenvalue weighted by molar-refractivity contribution is 0.208. The van der Waals surface area contributed by atoms with E-state index < -0.39 is 5.82 Å². The van der Waals surface area contributed by atoms with Gasteiger partial charge in [0.2, 0.25) is 5.95 Å². The second kappa shape index (κ2) is 7.67. The van der Waals surface area contributed by atoms with E-state index in [9.17, 15) is 9.18 Å². The van der Waals surface area contributed by atoms with E-state index >= 15 is 0 Å². The first kappa shape index (κ1) is 18.6. The Bertz CT molecular complexity index is 1010. The van der Waals surface area contributed by atoms with Crippen LogP contribution < -0.4 is 10.2 Å². The molecule has 1 N–H and O–H groups in total. The van der Waals surface area contributed by atoms with Crippen molar-refractivity contribution in [3.8, 4) is 0 Å². The number of aryl methyl sites for hydroxylation is 1. The molecule has 0 aliphatic carbocycles. The van der Waals surface area contributed by atoms with Crippen molar-refractivity contribution in [2.24, 2.45) is 0 Å². The molecule has 3 aromatic rings. The number of imidazole rings is 1. The van der Waals surface area contributed by atoms with Crippen molar-refractivity contribution in [2.75, 3.05) is 36.4 Å². The van der Waals surface area contributed by atoms with Gasteiger partial charge in [0.1, 0.15) is 5.82 Å². The number of piperazine rings is 1. The predicted octanol–water partition coefficient (Wildman–Crippen LogP) is 4.20. The van der Waals surface area contributed by atoms with Gasteiger partial charge in [0.15, 0.2) is 0 Å². The predicted molar refractivity (Wildman–Crippen MR) is 110 cm³/mol. The number of amides is 2. The van der Waals surface area contributed by atoms with Crippen LogP contribution in [-0.2, 0) is 6.54 Å². The van der Waals surface area contributed by atoms with Crippen LogP contribution in [-0.4, -0.2) is 46.7 Å². The molecule has 0 spiro atoms. The maximum atomic E-state index is 13.3. The second-order valence-corrected chi connectivity index (χ2v) is 7.09. The fourth-order valence-electron chi connectivity index (χ4n) is 3.50. The Morgan fingerprint density at radius 2 is 1.93 bits per heavy atom. The van der Waals surface area contributed by atoms with Gasteiger partial charge in [-0.15, -0.1) is 0 Å². The van der Waals surface area contributed by atoms with Gasteiger partial charge in [0.25, 0.3) is 0 Å². The van der Waals surface area contributed by atoms with E-state index in [-0.39, 0.29) is 11.1 Å². The first-order valence-electron chi connectivity index (χ1n) is 9.28. The number of carbonyl (C=O) groups is 1. The molecule has 4 rings (SSSR count). The average Bonchev–Trinajstić information content (AvgIpc) is 3.09. The molecule has 1 aliphatic heterocycles. The normalized spacial score (nSPS) is 14.5. The number of aromatic nitrogens is 2. The van der Waals surface area contributed by atoms with Crippen LogP contribution in [0.1, 0.15) is 6.92 Å². The smallest absolute Gasteiger partial charge is 0.321 e. The number of fused-ring (bicyclic) bond motifs is 1. The summed E-state index contributed by atoms with van der Waals surface area (Å²) in [6.07, 6.45) is 0.